The largest absolute Gasteiger partial charge is 0.320 e. The molecule has 0 aliphatic carbocycles. The van der Waals surface area contributed by atoms with Crippen molar-refractivity contribution >= 4 is 45.0 Å². The minimum Gasteiger partial charge on any atom is -0.320 e. The van der Waals surface area contributed by atoms with E-state index in [0.717, 1.165) is 21.9 Å². The van der Waals surface area contributed by atoms with Gasteiger partial charge in [0.05, 0.1) is 22.4 Å². The minimum atomic E-state index is -0.278. The van der Waals surface area contributed by atoms with Crippen LogP contribution in [0.25, 0.3) is 32.9 Å². The summed E-state index contributed by atoms with van der Waals surface area (Å²) in [4.78, 5) is 36.4. The fourth-order valence-electron chi connectivity index (χ4n) is 4.95. The van der Waals surface area contributed by atoms with Crippen molar-refractivity contribution in [1.29, 1.82) is 0 Å². The third-order valence-corrected chi connectivity index (χ3v) is 6.89. The number of hydrogen-bond acceptors (Lipinski definition) is 4. The van der Waals surface area contributed by atoms with Crippen molar-refractivity contribution in [2.24, 2.45) is 0 Å². The van der Waals surface area contributed by atoms with Crippen LogP contribution in [0.3, 0.4) is 0 Å². The number of hydrogen-bond donors (Lipinski definition) is 2. The Morgan fingerprint density at radius 2 is 0.975 bits per heavy atom. The van der Waals surface area contributed by atoms with Crippen molar-refractivity contribution in [3.05, 3.63) is 132 Å². The van der Waals surface area contributed by atoms with E-state index in [4.69, 9.17) is 0 Å². The molecule has 0 fully saturated rings. The van der Waals surface area contributed by atoms with E-state index in [0.29, 0.717) is 44.7 Å². The van der Waals surface area contributed by atoms with Gasteiger partial charge in [-0.15, -0.1) is 0 Å². The maximum atomic E-state index is 13.7. The Hall–Kier alpha value is -5.36. The van der Waals surface area contributed by atoms with Gasteiger partial charge < -0.3 is 10.6 Å². The summed E-state index contributed by atoms with van der Waals surface area (Å²) in [6.07, 6.45) is 3.41. The number of carbonyl (C=O) groups is 2. The Labute approximate surface area is 231 Å². The molecule has 4 aromatic carbocycles. The summed E-state index contributed by atoms with van der Waals surface area (Å²) in [6.45, 7) is 3.94. The number of benzene rings is 4. The molecule has 40 heavy (non-hydrogen) atoms. The molecule has 6 nitrogen and oxygen atoms in total. The summed E-state index contributed by atoms with van der Waals surface area (Å²) < 4.78 is 0. The minimum absolute atomic E-state index is 0.278. The second-order valence-corrected chi connectivity index (χ2v) is 9.77. The Bertz CT molecular complexity index is 1780. The van der Waals surface area contributed by atoms with E-state index in [1.54, 1.807) is 24.5 Å². The quantitative estimate of drug-likeness (QED) is 0.245. The summed E-state index contributed by atoms with van der Waals surface area (Å²) >= 11 is 0. The van der Waals surface area contributed by atoms with E-state index in [9.17, 15) is 9.59 Å². The Morgan fingerprint density at radius 1 is 0.550 bits per heavy atom. The van der Waals surface area contributed by atoms with Crippen LogP contribution < -0.4 is 10.6 Å². The molecule has 6 aromatic rings. The highest BCUT2D eigenvalue weighted by Gasteiger charge is 2.20. The molecule has 6 rings (SSSR count). The maximum Gasteiger partial charge on any atom is 0.256 e. The molecule has 0 saturated carbocycles. The van der Waals surface area contributed by atoms with Crippen molar-refractivity contribution in [3.63, 3.8) is 0 Å². The third kappa shape index (κ3) is 4.78. The number of para-hydroxylation sites is 2. The van der Waals surface area contributed by atoms with Crippen molar-refractivity contribution in [2.75, 3.05) is 10.6 Å². The number of amides is 2. The second kappa shape index (κ2) is 10.4. The lowest BCUT2D eigenvalue weighted by Crippen LogP contribution is -2.16. The first kappa shape index (κ1) is 24.9. The highest BCUT2D eigenvalue weighted by Crippen LogP contribution is 2.32. The van der Waals surface area contributed by atoms with E-state index in [2.05, 4.69) is 20.6 Å². The van der Waals surface area contributed by atoms with Gasteiger partial charge in [0.25, 0.3) is 11.8 Å². The molecule has 0 saturated heterocycles. The van der Waals surface area contributed by atoms with Crippen LogP contribution in [-0.2, 0) is 0 Å². The monoisotopic (exact) mass is 522 g/mol. The fraction of sp³-hybridized carbons (Fsp3) is 0.0588. The van der Waals surface area contributed by atoms with Gasteiger partial charge >= 0.3 is 0 Å². The van der Waals surface area contributed by atoms with Crippen LogP contribution in [0.4, 0.5) is 11.4 Å². The highest BCUT2D eigenvalue weighted by atomic mass is 16.2. The lowest BCUT2D eigenvalue weighted by Gasteiger charge is -2.16. The zero-order chi connectivity index (χ0) is 27.6. The molecular formula is C34H26N4O2. The molecule has 0 radical (unpaired) electrons. The number of aromatic nitrogens is 2. The zero-order valence-corrected chi connectivity index (χ0v) is 22.1. The highest BCUT2D eigenvalue weighted by molar-refractivity contribution is 6.15. The maximum absolute atomic E-state index is 13.7. The van der Waals surface area contributed by atoms with Gasteiger partial charge in [0.2, 0.25) is 0 Å². The van der Waals surface area contributed by atoms with Crippen LogP contribution in [0.15, 0.2) is 109 Å². The van der Waals surface area contributed by atoms with E-state index < -0.39 is 0 Å². The van der Waals surface area contributed by atoms with Crippen LogP contribution >= 0.6 is 0 Å². The summed E-state index contributed by atoms with van der Waals surface area (Å²) in [5.41, 5.74) is 6.91. The number of rotatable bonds is 5. The normalized spacial score (nSPS) is 10.9. The number of aryl methyl sites for hydroxylation is 2. The van der Waals surface area contributed by atoms with Crippen LogP contribution in [0.5, 0.6) is 0 Å². The van der Waals surface area contributed by atoms with E-state index >= 15 is 0 Å². The van der Waals surface area contributed by atoms with Crippen molar-refractivity contribution in [2.45, 2.75) is 13.8 Å². The molecule has 2 N–H and O–H groups in total. The molecule has 0 spiro atoms. The standard InChI is InChI=1S/C34H26N4O2/c1-21-13-15-25(33(39)37-29-11-3-7-23-9-5-17-35-31(23)29)27(19-21)28-20-22(2)14-16-26(28)34(40)38-30-12-4-8-24-10-6-18-36-32(24)30/h3-20H,1-2H3,(H,37,39)(H,38,40). The van der Waals surface area contributed by atoms with Gasteiger partial charge in [-0.1, -0.05) is 71.8 Å². The zero-order valence-electron chi connectivity index (χ0n) is 22.1. The lowest BCUT2D eigenvalue weighted by atomic mass is 9.91. The second-order valence-electron chi connectivity index (χ2n) is 9.77. The van der Waals surface area contributed by atoms with Crippen molar-refractivity contribution < 1.29 is 9.59 Å². The van der Waals surface area contributed by atoms with Crippen molar-refractivity contribution in [3.8, 4) is 11.1 Å². The first-order valence-corrected chi connectivity index (χ1v) is 13.0. The molecule has 2 amide bonds. The molecule has 0 unspecified atom stereocenters. The molecule has 0 aliphatic heterocycles. The molecule has 0 aliphatic rings. The molecular weight excluding hydrogens is 496 g/mol. The topological polar surface area (TPSA) is 84.0 Å². The van der Waals surface area contributed by atoms with Crippen molar-refractivity contribution in [1.82, 2.24) is 9.97 Å². The van der Waals surface area contributed by atoms with Gasteiger partial charge in [0, 0.05) is 34.3 Å². The Kier molecular flexibility index (Phi) is 6.50. The van der Waals surface area contributed by atoms with Gasteiger partial charge in [-0.2, -0.15) is 0 Å². The van der Waals surface area contributed by atoms with Gasteiger partial charge in [-0.05, 0) is 61.4 Å². The number of anilines is 2. The average Bonchev–Trinajstić information content (AvgIpc) is 2.97. The molecule has 194 valence electrons. The van der Waals surface area contributed by atoms with Crippen LogP contribution in [0.2, 0.25) is 0 Å². The molecule has 0 atom stereocenters. The number of carbonyl (C=O) groups excluding carboxylic acids is 2. The van der Waals surface area contributed by atoms with Crippen LogP contribution in [0.1, 0.15) is 31.8 Å². The van der Waals surface area contributed by atoms with Gasteiger partial charge in [0.1, 0.15) is 0 Å². The van der Waals surface area contributed by atoms with Gasteiger partial charge in [-0.3, -0.25) is 19.6 Å². The SMILES string of the molecule is Cc1ccc(C(=O)Nc2cccc3cccnc23)c(-c2cc(C)ccc2C(=O)Nc2cccc3cccnc23)c1. The third-order valence-electron chi connectivity index (χ3n) is 6.89. The number of fused-ring (bicyclic) bond motifs is 2. The Morgan fingerprint density at radius 3 is 1.43 bits per heavy atom. The average molecular weight is 523 g/mol. The van der Waals surface area contributed by atoms with Crippen LogP contribution in [-0.4, -0.2) is 21.8 Å². The predicted molar refractivity (Wildman–Crippen MR) is 161 cm³/mol. The lowest BCUT2D eigenvalue weighted by molar-refractivity contribution is 0.101. The van der Waals surface area contributed by atoms with E-state index in [1.165, 1.54) is 0 Å². The van der Waals surface area contributed by atoms with Gasteiger partial charge in [-0.25, -0.2) is 0 Å². The smallest absolute Gasteiger partial charge is 0.256 e. The number of pyridine rings is 2. The summed E-state index contributed by atoms with van der Waals surface area (Å²) in [6, 6.07) is 30.3. The first-order valence-electron chi connectivity index (χ1n) is 13.0. The Balaban J connectivity index is 1.41. The predicted octanol–water partition coefficient (Wildman–Crippen LogP) is 7.57. The van der Waals surface area contributed by atoms with E-state index in [1.807, 2.05) is 98.8 Å². The van der Waals surface area contributed by atoms with Crippen LogP contribution in [0, 0.1) is 13.8 Å². The van der Waals surface area contributed by atoms with Gasteiger partial charge in [0.15, 0.2) is 0 Å². The summed E-state index contributed by atoms with van der Waals surface area (Å²) in [5, 5.41) is 7.96. The molecule has 6 heteroatoms. The molecule has 2 aromatic heterocycles. The summed E-state index contributed by atoms with van der Waals surface area (Å²) in [7, 11) is 0. The number of nitrogens with zero attached hydrogens (tertiary/aromatic N) is 2. The summed E-state index contributed by atoms with van der Waals surface area (Å²) in [5.74, 6) is -0.557. The fourth-order valence-corrected chi connectivity index (χ4v) is 4.95. The molecule has 2 heterocycles. The number of nitrogens with one attached hydrogen (secondary N) is 2. The molecule has 0 bridgehead atoms. The first-order chi connectivity index (χ1) is 19.5. The van der Waals surface area contributed by atoms with E-state index in [-0.39, 0.29) is 11.8 Å².